The van der Waals surface area contributed by atoms with E-state index >= 15 is 0 Å². The van der Waals surface area contributed by atoms with Crippen LogP contribution >= 0.6 is 11.8 Å². The summed E-state index contributed by atoms with van der Waals surface area (Å²) < 4.78 is 0. The number of nitrogens with two attached hydrogens (primary N) is 3. The fourth-order valence-electron chi connectivity index (χ4n) is 7.50. The Bertz CT molecular complexity index is 2020. The Labute approximate surface area is 390 Å². The first-order valence-electron chi connectivity index (χ1n) is 21.8. The van der Waals surface area contributed by atoms with E-state index in [1.54, 1.807) is 13.8 Å². The van der Waals surface area contributed by atoms with Crippen molar-refractivity contribution in [2.45, 2.75) is 127 Å². The lowest BCUT2D eigenvalue weighted by molar-refractivity contribution is -0.155. The van der Waals surface area contributed by atoms with Crippen LogP contribution in [0.5, 0.6) is 5.75 Å². The standard InChI is InChI=1S/C42H62N10O14S/c1-21(2)14-25-36(59)50-26(16-22-9-10-30(53)24(43)15-22)38(61)52-42(11-5-3-6-12-42)41(66)51-28(18-31(44)54)35(58)46-13-7-4-8-32(55)48-29(34(45)57)19-67-20-33(56)47-27(37(60)49-25)17-23(39(62)63)40(64)65/h9-10,15,21,23,25-29,53H,3-8,11-14,16-20,43H2,1-2H3,(H2,44,54)(H2,45,57)(H,46,58)(H,47,56)(H,48,55)(H,49,60)(H,50,59)(H,51,66)(H,52,61)(H,62,63)(H,64,65)/t25-,26-,27-,28-,29-/m0/s1. The van der Waals surface area contributed by atoms with Crippen LogP contribution in [0.2, 0.25) is 0 Å². The van der Waals surface area contributed by atoms with E-state index in [1.807, 2.05) is 0 Å². The number of anilines is 1. The van der Waals surface area contributed by atoms with Crippen LogP contribution in [0.4, 0.5) is 5.69 Å². The number of aromatic hydroxyl groups is 1. The second-order valence-electron chi connectivity index (χ2n) is 17.0. The van der Waals surface area contributed by atoms with Crippen LogP contribution in [0.3, 0.4) is 0 Å². The van der Waals surface area contributed by atoms with Gasteiger partial charge in [0.15, 0.2) is 5.92 Å². The molecule has 0 bridgehead atoms. The van der Waals surface area contributed by atoms with Crippen molar-refractivity contribution in [2.24, 2.45) is 23.3 Å². The lowest BCUT2D eigenvalue weighted by Crippen LogP contribution is -2.66. The molecule has 1 aromatic carbocycles. The summed E-state index contributed by atoms with van der Waals surface area (Å²) in [6.07, 6.45) is 0.0368. The maximum Gasteiger partial charge on any atom is 0.317 e. The Morgan fingerprint density at radius 1 is 0.746 bits per heavy atom. The Morgan fingerprint density at radius 3 is 1.96 bits per heavy atom. The first-order valence-corrected chi connectivity index (χ1v) is 23.0. The Hall–Kier alpha value is -6.66. The lowest BCUT2D eigenvalue weighted by Gasteiger charge is -2.38. The smallest absolute Gasteiger partial charge is 0.317 e. The highest BCUT2D eigenvalue weighted by atomic mass is 32.2. The Morgan fingerprint density at radius 2 is 1.37 bits per heavy atom. The second-order valence-corrected chi connectivity index (χ2v) is 18.1. The summed E-state index contributed by atoms with van der Waals surface area (Å²) in [6, 6.07) is -3.59. The van der Waals surface area contributed by atoms with E-state index in [2.05, 4.69) is 37.2 Å². The molecule has 370 valence electrons. The summed E-state index contributed by atoms with van der Waals surface area (Å²) in [5.41, 5.74) is 15.5. The number of aliphatic carboxylic acids is 2. The molecule has 0 aromatic heterocycles. The molecule has 9 amide bonds. The molecule has 1 saturated carbocycles. The van der Waals surface area contributed by atoms with Crippen molar-refractivity contribution in [1.29, 1.82) is 0 Å². The van der Waals surface area contributed by atoms with Crippen molar-refractivity contribution in [3.05, 3.63) is 23.8 Å². The Kier molecular flexibility index (Phi) is 21.1. The van der Waals surface area contributed by atoms with Crippen LogP contribution in [-0.2, 0) is 59.2 Å². The largest absolute Gasteiger partial charge is 0.506 e. The van der Waals surface area contributed by atoms with Gasteiger partial charge in [0.25, 0.3) is 0 Å². The molecule has 1 saturated heterocycles. The summed E-state index contributed by atoms with van der Waals surface area (Å²) in [5, 5.41) is 47.2. The average molecular weight is 963 g/mol. The van der Waals surface area contributed by atoms with Gasteiger partial charge in [0.1, 0.15) is 41.5 Å². The zero-order valence-electron chi connectivity index (χ0n) is 37.4. The zero-order valence-corrected chi connectivity index (χ0v) is 38.2. The highest BCUT2D eigenvalue weighted by Crippen LogP contribution is 2.30. The summed E-state index contributed by atoms with van der Waals surface area (Å²) in [7, 11) is 0. The summed E-state index contributed by atoms with van der Waals surface area (Å²) in [5.74, 6) is -15.2. The van der Waals surface area contributed by atoms with Gasteiger partial charge in [-0.15, -0.1) is 11.8 Å². The maximum atomic E-state index is 14.5. The van der Waals surface area contributed by atoms with Gasteiger partial charge in [0.2, 0.25) is 53.2 Å². The van der Waals surface area contributed by atoms with Gasteiger partial charge in [0, 0.05) is 31.6 Å². The summed E-state index contributed by atoms with van der Waals surface area (Å²) in [6.45, 7) is 3.38. The zero-order chi connectivity index (χ0) is 50.0. The van der Waals surface area contributed by atoms with Crippen molar-refractivity contribution >= 4 is 82.6 Å². The van der Waals surface area contributed by atoms with Crippen molar-refractivity contribution < 1.29 is 68.1 Å². The first kappa shape index (κ1) is 54.7. The second kappa shape index (κ2) is 25.9. The van der Waals surface area contributed by atoms with Gasteiger partial charge in [-0.1, -0.05) is 39.2 Å². The number of thioether (sulfide) groups is 1. The number of carbonyl (C=O) groups excluding carboxylic acids is 9. The molecule has 1 spiro atoms. The number of benzene rings is 1. The average Bonchev–Trinajstić information content (AvgIpc) is 3.24. The molecule has 1 heterocycles. The van der Waals surface area contributed by atoms with Crippen molar-refractivity contribution in [3.8, 4) is 5.75 Å². The van der Waals surface area contributed by atoms with E-state index in [1.165, 1.54) is 18.2 Å². The predicted octanol–water partition coefficient (Wildman–Crippen LogP) is -2.62. The van der Waals surface area contributed by atoms with Gasteiger partial charge in [-0.25, -0.2) is 0 Å². The molecule has 1 aromatic rings. The van der Waals surface area contributed by atoms with Gasteiger partial charge in [-0.05, 0) is 55.7 Å². The molecule has 0 radical (unpaired) electrons. The maximum absolute atomic E-state index is 14.5. The van der Waals surface area contributed by atoms with Gasteiger partial charge in [-0.2, -0.15) is 0 Å². The molecule has 0 unspecified atom stereocenters. The molecule has 67 heavy (non-hydrogen) atoms. The lowest BCUT2D eigenvalue weighted by atomic mass is 9.80. The van der Waals surface area contributed by atoms with Crippen LogP contribution in [0.15, 0.2) is 18.2 Å². The third-order valence-electron chi connectivity index (χ3n) is 11.1. The van der Waals surface area contributed by atoms with Crippen molar-refractivity contribution in [3.63, 3.8) is 0 Å². The number of hydrogen-bond acceptors (Lipinski definition) is 14. The van der Waals surface area contributed by atoms with Gasteiger partial charge in [0.05, 0.1) is 17.9 Å². The molecule has 3 rings (SSSR count). The van der Waals surface area contributed by atoms with E-state index in [0.717, 1.165) is 11.8 Å². The number of carboxylic acids is 2. The number of hydrogen-bond donors (Lipinski definition) is 13. The van der Waals surface area contributed by atoms with Crippen LogP contribution in [0, 0.1) is 11.8 Å². The number of carboxylic acid groups (broad SMARTS) is 2. The van der Waals surface area contributed by atoms with E-state index in [9.17, 15) is 68.1 Å². The predicted molar refractivity (Wildman–Crippen MR) is 240 cm³/mol. The molecule has 1 aliphatic heterocycles. The van der Waals surface area contributed by atoms with E-state index in [-0.39, 0.29) is 74.6 Å². The first-order chi connectivity index (χ1) is 31.5. The molecule has 24 nitrogen and oxygen atoms in total. The minimum atomic E-state index is -2.20. The van der Waals surface area contributed by atoms with Crippen molar-refractivity contribution in [1.82, 2.24) is 37.2 Å². The quantitative estimate of drug-likeness (QED) is 0.0613. The van der Waals surface area contributed by atoms with Crippen LogP contribution < -0.4 is 54.4 Å². The monoisotopic (exact) mass is 962 g/mol. The highest BCUT2D eigenvalue weighted by Gasteiger charge is 2.44. The van der Waals surface area contributed by atoms with E-state index in [4.69, 9.17) is 17.2 Å². The number of amides is 9. The number of rotatable bonds is 11. The fourth-order valence-corrected chi connectivity index (χ4v) is 8.37. The number of phenolic OH excluding ortho intramolecular Hbond substituents is 1. The van der Waals surface area contributed by atoms with Crippen molar-refractivity contribution in [2.75, 3.05) is 23.8 Å². The molecule has 2 aliphatic rings. The number of nitrogen functional groups attached to an aromatic ring is 1. The molecule has 5 atom stereocenters. The normalized spacial score (nSPS) is 23.6. The molecule has 2 fully saturated rings. The third-order valence-corrected chi connectivity index (χ3v) is 12.1. The number of phenols is 1. The number of carbonyl (C=O) groups is 11. The molecule has 1 aliphatic carbocycles. The SMILES string of the molecule is CC(C)C[C@@H]1NC(=O)[C@H](CC(C(=O)O)C(=O)O)NC(=O)CSC[C@@H](C(N)=O)NC(=O)CCCCNC(=O)[C@H](CC(N)=O)NC(=O)C2(CCCCC2)NC(=O)[C@H](Cc2ccc(O)c(N)c2)NC1=O. The van der Waals surface area contributed by atoms with Crippen LogP contribution in [-0.4, -0.2) is 134 Å². The molecule has 16 N–H and O–H groups in total. The Balaban J connectivity index is 2.11. The third kappa shape index (κ3) is 17.6. The fraction of sp³-hybridized carbons (Fsp3) is 0.595. The summed E-state index contributed by atoms with van der Waals surface area (Å²) in [4.78, 5) is 145. The molecule has 25 heteroatoms. The van der Waals surface area contributed by atoms with Gasteiger partial charge < -0.3 is 69.7 Å². The topological polar surface area (TPSA) is 411 Å². The van der Waals surface area contributed by atoms with Gasteiger partial charge in [-0.3, -0.25) is 52.7 Å². The minimum Gasteiger partial charge on any atom is -0.506 e. The van der Waals surface area contributed by atoms with Crippen LogP contribution in [0.1, 0.15) is 90.0 Å². The molecular formula is C42H62N10O14S. The highest BCUT2D eigenvalue weighted by molar-refractivity contribution is 8.00. The van der Waals surface area contributed by atoms with E-state index < -0.39 is 125 Å². The summed E-state index contributed by atoms with van der Waals surface area (Å²) >= 11 is 0.797. The van der Waals surface area contributed by atoms with Crippen LogP contribution in [0.25, 0.3) is 0 Å². The molecular weight excluding hydrogens is 901 g/mol. The number of nitrogens with one attached hydrogen (secondary N) is 7. The minimum absolute atomic E-state index is 0.0116. The van der Waals surface area contributed by atoms with Gasteiger partial charge >= 0.3 is 11.9 Å². The van der Waals surface area contributed by atoms with E-state index in [0.29, 0.717) is 24.8 Å². The number of primary amides is 2.